The second-order valence-electron chi connectivity index (χ2n) is 5.23. The van der Waals surface area contributed by atoms with E-state index in [0.717, 1.165) is 0 Å². The van der Waals surface area contributed by atoms with Crippen LogP contribution in [0.5, 0.6) is 11.5 Å². The number of H-pyrrole nitrogens is 1. The minimum Gasteiger partial charge on any atom is -0.493 e. The Morgan fingerprint density at radius 3 is 2.62 bits per heavy atom. The zero-order chi connectivity index (χ0) is 18.7. The normalized spacial score (nSPS) is 10.4. The molecular formula is C17H16N4O4S. The molecule has 2 aromatic heterocycles. The zero-order valence-electron chi connectivity index (χ0n) is 14.0. The fourth-order valence-corrected chi connectivity index (χ4v) is 3.01. The summed E-state index contributed by atoms with van der Waals surface area (Å²) in [7, 11) is 3.03. The van der Waals surface area contributed by atoms with Gasteiger partial charge in [-0.15, -0.1) is 11.3 Å². The van der Waals surface area contributed by atoms with Crippen LogP contribution in [-0.2, 0) is 0 Å². The number of benzene rings is 1. The average Bonchev–Trinajstić information content (AvgIpc) is 3.30. The van der Waals surface area contributed by atoms with E-state index in [0.29, 0.717) is 39.1 Å². The Hall–Kier alpha value is -3.33. The number of hydrogen-bond donors (Lipinski definition) is 3. The smallest absolute Gasteiger partial charge is 0.265 e. The molecule has 4 N–H and O–H groups in total. The summed E-state index contributed by atoms with van der Waals surface area (Å²) in [5.41, 5.74) is 7.27. The lowest BCUT2D eigenvalue weighted by atomic mass is 10.2. The highest BCUT2D eigenvalue weighted by Crippen LogP contribution is 2.29. The first kappa shape index (κ1) is 17.5. The summed E-state index contributed by atoms with van der Waals surface area (Å²) in [6.45, 7) is 0. The molecule has 0 atom stereocenters. The third-order valence-electron chi connectivity index (χ3n) is 3.61. The highest BCUT2D eigenvalue weighted by Gasteiger charge is 2.14. The van der Waals surface area contributed by atoms with E-state index in [4.69, 9.17) is 15.2 Å². The number of amides is 2. The Bertz CT molecular complexity index is 963. The predicted octanol–water partition coefficient (Wildman–Crippen LogP) is 2.51. The molecule has 0 unspecified atom stereocenters. The van der Waals surface area contributed by atoms with Gasteiger partial charge in [-0.05, 0) is 24.3 Å². The highest BCUT2D eigenvalue weighted by atomic mass is 32.1. The molecule has 2 amide bonds. The summed E-state index contributed by atoms with van der Waals surface area (Å²) >= 11 is 1.27. The molecule has 0 aliphatic carbocycles. The number of nitrogens with zero attached hydrogens (tertiary/aromatic N) is 1. The maximum Gasteiger partial charge on any atom is 0.265 e. The molecule has 0 fully saturated rings. The van der Waals surface area contributed by atoms with E-state index in [9.17, 15) is 9.59 Å². The van der Waals surface area contributed by atoms with E-state index in [1.54, 1.807) is 35.8 Å². The van der Waals surface area contributed by atoms with Gasteiger partial charge in [0, 0.05) is 22.7 Å². The predicted molar refractivity (Wildman–Crippen MR) is 97.9 cm³/mol. The van der Waals surface area contributed by atoms with Gasteiger partial charge >= 0.3 is 0 Å². The number of thiazole rings is 1. The number of ether oxygens (including phenoxy) is 2. The fraction of sp³-hybridized carbons (Fsp3) is 0.118. The highest BCUT2D eigenvalue weighted by molar-refractivity contribution is 7.14. The van der Waals surface area contributed by atoms with Crippen molar-refractivity contribution in [2.45, 2.75) is 0 Å². The molecule has 3 rings (SSSR count). The molecule has 0 saturated heterocycles. The minimum atomic E-state index is -0.548. The van der Waals surface area contributed by atoms with Gasteiger partial charge in [0.1, 0.15) is 5.69 Å². The Kier molecular flexibility index (Phi) is 4.90. The molecule has 0 saturated carbocycles. The van der Waals surface area contributed by atoms with Gasteiger partial charge in [0.2, 0.25) is 0 Å². The van der Waals surface area contributed by atoms with Gasteiger partial charge in [-0.25, -0.2) is 4.98 Å². The van der Waals surface area contributed by atoms with Gasteiger partial charge in [-0.2, -0.15) is 0 Å². The molecule has 2 heterocycles. The van der Waals surface area contributed by atoms with E-state index in [2.05, 4.69) is 15.3 Å². The molecule has 0 aliphatic heterocycles. The van der Waals surface area contributed by atoms with Gasteiger partial charge in [-0.1, -0.05) is 0 Å². The van der Waals surface area contributed by atoms with Crippen molar-refractivity contribution in [2.24, 2.45) is 5.73 Å². The first-order chi connectivity index (χ1) is 12.5. The number of rotatable bonds is 6. The largest absolute Gasteiger partial charge is 0.493 e. The molecule has 3 aromatic rings. The molecule has 26 heavy (non-hydrogen) atoms. The number of aromatic nitrogens is 2. The third-order valence-corrected chi connectivity index (χ3v) is 4.37. The van der Waals surface area contributed by atoms with Crippen molar-refractivity contribution in [3.63, 3.8) is 0 Å². The van der Waals surface area contributed by atoms with Crippen LogP contribution in [0.4, 0.5) is 5.13 Å². The van der Waals surface area contributed by atoms with Crippen molar-refractivity contribution in [3.8, 4) is 22.8 Å². The maximum absolute atomic E-state index is 12.4. The second kappa shape index (κ2) is 7.28. The number of nitrogens with two attached hydrogens (primary N) is 1. The average molecular weight is 372 g/mol. The van der Waals surface area contributed by atoms with Crippen LogP contribution in [0, 0.1) is 0 Å². The third kappa shape index (κ3) is 3.52. The number of methoxy groups -OCH3 is 2. The second-order valence-corrected chi connectivity index (χ2v) is 6.09. The van der Waals surface area contributed by atoms with Crippen molar-refractivity contribution in [3.05, 3.63) is 47.1 Å². The quantitative estimate of drug-likeness (QED) is 0.614. The molecule has 134 valence electrons. The standard InChI is InChI=1S/C17H16N4O4S/c1-24-13-4-3-9(6-14(13)25-2)16(23)21-17-20-12(8-26-17)10-5-11(15(18)22)19-7-10/h3-8,19H,1-2H3,(H2,18,22)(H,20,21,23). The molecule has 9 heteroatoms. The topological polar surface area (TPSA) is 119 Å². The summed E-state index contributed by atoms with van der Waals surface area (Å²) in [6, 6.07) is 6.49. The molecule has 0 bridgehead atoms. The molecular weight excluding hydrogens is 356 g/mol. The van der Waals surface area contributed by atoms with Crippen LogP contribution >= 0.6 is 11.3 Å². The lowest BCUT2D eigenvalue weighted by Crippen LogP contribution is -2.12. The van der Waals surface area contributed by atoms with Crippen LogP contribution < -0.4 is 20.5 Å². The number of anilines is 1. The summed E-state index contributed by atoms with van der Waals surface area (Å²) in [6.07, 6.45) is 1.63. The van der Waals surface area contributed by atoms with Gasteiger partial charge in [0.05, 0.1) is 19.9 Å². The first-order valence-electron chi connectivity index (χ1n) is 7.49. The Balaban J connectivity index is 1.76. The van der Waals surface area contributed by atoms with Crippen molar-refractivity contribution in [1.29, 1.82) is 0 Å². The lowest BCUT2D eigenvalue weighted by molar-refractivity contribution is 0.0994. The molecule has 0 spiro atoms. The fourth-order valence-electron chi connectivity index (χ4n) is 2.29. The number of nitrogens with one attached hydrogen (secondary N) is 2. The number of primary amides is 1. The number of aromatic amines is 1. The molecule has 1 aromatic carbocycles. The van der Waals surface area contributed by atoms with E-state index in [1.165, 1.54) is 25.6 Å². The maximum atomic E-state index is 12.4. The molecule has 0 aliphatic rings. The number of carbonyl (C=O) groups excluding carboxylic acids is 2. The van der Waals surface area contributed by atoms with Gasteiger partial charge in [0.25, 0.3) is 11.8 Å². The number of carbonyl (C=O) groups is 2. The van der Waals surface area contributed by atoms with Crippen LogP contribution in [-0.4, -0.2) is 36.0 Å². The Labute approximate surface area is 153 Å². The van der Waals surface area contributed by atoms with Crippen molar-refractivity contribution < 1.29 is 19.1 Å². The monoisotopic (exact) mass is 372 g/mol. The number of hydrogen-bond acceptors (Lipinski definition) is 6. The lowest BCUT2D eigenvalue weighted by Gasteiger charge is -2.09. The van der Waals surface area contributed by atoms with Crippen molar-refractivity contribution in [2.75, 3.05) is 19.5 Å². The SMILES string of the molecule is COc1ccc(C(=O)Nc2nc(-c3c[nH]c(C(N)=O)c3)cs2)cc1OC. The van der Waals surface area contributed by atoms with Gasteiger partial charge in [-0.3, -0.25) is 14.9 Å². The minimum absolute atomic E-state index is 0.295. The van der Waals surface area contributed by atoms with Crippen LogP contribution in [0.3, 0.4) is 0 Å². The van der Waals surface area contributed by atoms with E-state index in [-0.39, 0.29) is 5.91 Å². The van der Waals surface area contributed by atoms with Crippen LogP contribution in [0.25, 0.3) is 11.3 Å². The summed E-state index contributed by atoms with van der Waals surface area (Å²) < 4.78 is 10.4. The van der Waals surface area contributed by atoms with Gasteiger partial charge < -0.3 is 20.2 Å². The molecule has 0 radical (unpaired) electrons. The van der Waals surface area contributed by atoms with Gasteiger partial charge in [0.15, 0.2) is 16.6 Å². The van der Waals surface area contributed by atoms with E-state index < -0.39 is 5.91 Å². The summed E-state index contributed by atoms with van der Waals surface area (Å²) in [5.74, 6) is 0.136. The van der Waals surface area contributed by atoms with Crippen LogP contribution in [0.2, 0.25) is 0 Å². The summed E-state index contributed by atoms with van der Waals surface area (Å²) in [4.78, 5) is 30.7. The Morgan fingerprint density at radius 1 is 1.19 bits per heavy atom. The van der Waals surface area contributed by atoms with E-state index >= 15 is 0 Å². The van der Waals surface area contributed by atoms with Crippen molar-refractivity contribution >= 4 is 28.3 Å². The van der Waals surface area contributed by atoms with Crippen LogP contribution in [0.1, 0.15) is 20.8 Å². The Morgan fingerprint density at radius 2 is 1.96 bits per heavy atom. The first-order valence-corrected chi connectivity index (χ1v) is 8.37. The molecule has 8 nitrogen and oxygen atoms in total. The van der Waals surface area contributed by atoms with Crippen molar-refractivity contribution in [1.82, 2.24) is 9.97 Å². The van der Waals surface area contributed by atoms with Crippen LogP contribution in [0.15, 0.2) is 35.8 Å². The zero-order valence-corrected chi connectivity index (χ0v) is 14.8. The van der Waals surface area contributed by atoms with E-state index in [1.807, 2.05) is 0 Å². The summed E-state index contributed by atoms with van der Waals surface area (Å²) in [5, 5.41) is 4.94.